The first-order valence-electron chi connectivity index (χ1n) is 4.03. The topological polar surface area (TPSA) is 58.2 Å². The average Bonchev–Trinajstić information content (AvgIpc) is 2.33. The van der Waals surface area contributed by atoms with Gasteiger partial charge in [-0.1, -0.05) is 11.8 Å². The first kappa shape index (κ1) is 10.1. The smallest absolute Gasteiger partial charge is 0.319 e. The van der Waals surface area contributed by atoms with E-state index >= 15 is 0 Å². The van der Waals surface area contributed by atoms with E-state index in [0.29, 0.717) is 11.4 Å². The molecule has 0 aromatic carbocycles. The van der Waals surface area contributed by atoms with Crippen molar-refractivity contribution in [2.45, 2.75) is 19.9 Å². The summed E-state index contributed by atoms with van der Waals surface area (Å²) < 4.78 is 0. The van der Waals surface area contributed by atoms with Crippen molar-refractivity contribution in [3.05, 3.63) is 11.8 Å². The molecule has 0 spiro atoms. The lowest BCUT2D eigenvalue weighted by Crippen LogP contribution is -2.39. The van der Waals surface area contributed by atoms with E-state index in [2.05, 4.69) is 10.6 Å². The van der Waals surface area contributed by atoms with Crippen LogP contribution in [0.1, 0.15) is 13.8 Å². The van der Waals surface area contributed by atoms with Crippen LogP contribution in [0, 0.1) is 0 Å². The number of carbonyl (C=O) groups is 2. The summed E-state index contributed by atoms with van der Waals surface area (Å²) in [4.78, 5) is 21.9. The van der Waals surface area contributed by atoms with Crippen LogP contribution in [-0.2, 0) is 4.79 Å². The fourth-order valence-electron chi connectivity index (χ4n) is 0.891. The van der Waals surface area contributed by atoms with Crippen LogP contribution in [0.5, 0.6) is 0 Å². The van der Waals surface area contributed by atoms with E-state index < -0.39 is 0 Å². The third-order valence-corrected chi connectivity index (χ3v) is 2.21. The molecule has 0 unspecified atom stereocenters. The van der Waals surface area contributed by atoms with Crippen molar-refractivity contribution in [3.8, 4) is 0 Å². The van der Waals surface area contributed by atoms with E-state index in [1.165, 1.54) is 17.8 Å². The largest absolute Gasteiger partial charge is 0.336 e. The molecule has 0 saturated heterocycles. The Morgan fingerprint density at radius 1 is 1.62 bits per heavy atom. The van der Waals surface area contributed by atoms with Crippen molar-refractivity contribution in [1.82, 2.24) is 10.6 Å². The Labute approximate surface area is 81.1 Å². The molecule has 1 rings (SSSR count). The summed E-state index contributed by atoms with van der Waals surface area (Å²) in [6.07, 6.45) is 1.45. The predicted octanol–water partition coefficient (Wildman–Crippen LogP) is 0.851. The Morgan fingerprint density at radius 3 is 2.77 bits per heavy atom. The van der Waals surface area contributed by atoms with Crippen LogP contribution >= 0.6 is 11.8 Å². The maximum absolute atomic E-state index is 11.1. The minimum absolute atomic E-state index is 0.000142. The normalized spacial score (nSPS) is 15.9. The Balaban J connectivity index is 2.37. The molecule has 1 heterocycles. The van der Waals surface area contributed by atoms with Crippen LogP contribution in [0.25, 0.3) is 0 Å². The first-order chi connectivity index (χ1) is 6.08. The zero-order valence-electron chi connectivity index (χ0n) is 7.59. The van der Waals surface area contributed by atoms with Gasteiger partial charge in [-0.3, -0.25) is 4.79 Å². The highest BCUT2D eigenvalue weighted by molar-refractivity contribution is 8.14. The molecule has 0 bridgehead atoms. The van der Waals surface area contributed by atoms with Crippen molar-refractivity contribution in [1.29, 1.82) is 0 Å². The van der Waals surface area contributed by atoms with Gasteiger partial charge < -0.3 is 10.6 Å². The molecule has 4 nitrogen and oxygen atoms in total. The Bertz CT molecular complexity index is 261. The van der Waals surface area contributed by atoms with Gasteiger partial charge >= 0.3 is 6.03 Å². The molecule has 1 aliphatic heterocycles. The number of hydrogen-bond acceptors (Lipinski definition) is 3. The van der Waals surface area contributed by atoms with Crippen LogP contribution < -0.4 is 10.6 Å². The fraction of sp³-hybridized carbons (Fsp3) is 0.500. The van der Waals surface area contributed by atoms with Crippen LogP contribution in [0.15, 0.2) is 11.8 Å². The first-order valence-corrected chi connectivity index (χ1v) is 5.01. The maximum Gasteiger partial charge on any atom is 0.319 e. The summed E-state index contributed by atoms with van der Waals surface area (Å²) in [7, 11) is 0. The number of amides is 2. The van der Waals surface area contributed by atoms with Gasteiger partial charge in [-0.2, -0.15) is 0 Å². The predicted molar refractivity (Wildman–Crippen MR) is 52.4 cm³/mol. The standard InChI is InChI=1S/C8H12N2O2S/c1-5(2)9-8(12)10-6-3-7(11)13-4-6/h3,5H,4H2,1-2H3,(H2,9,10,12). The molecule has 72 valence electrons. The summed E-state index contributed by atoms with van der Waals surface area (Å²) in [5.41, 5.74) is 0.674. The summed E-state index contributed by atoms with van der Waals surface area (Å²) in [6.45, 7) is 3.75. The molecule has 0 aromatic heterocycles. The van der Waals surface area contributed by atoms with Crippen molar-refractivity contribution in [2.24, 2.45) is 0 Å². The van der Waals surface area contributed by atoms with Crippen molar-refractivity contribution >= 4 is 22.9 Å². The lowest BCUT2D eigenvalue weighted by atomic mass is 10.4. The molecule has 2 N–H and O–H groups in total. The molecule has 0 saturated carbocycles. The third-order valence-electron chi connectivity index (χ3n) is 1.36. The second-order valence-electron chi connectivity index (χ2n) is 3.03. The molecule has 2 amide bonds. The fourth-order valence-corrected chi connectivity index (χ4v) is 1.57. The van der Waals surface area contributed by atoms with Gasteiger partial charge in [0.1, 0.15) is 0 Å². The summed E-state index contributed by atoms with van der Waals surface area (Å²) >= 11 is 1.19. The number of rotatable bonds is 2. The van der Waals surface area contributed by atoms with Crippen molar-refractivity contribution < 1.29 is 9.59 Å². The summed E-state index contributed by atoms with van der Waals surface area (Å²) in [5, 5.41) is 5.28. The molecule has 0 fully saturated rings. The third kappa shape index (κ3) is 3.50. The van der Waals surface area contributed by atoms with Crippen LogP contribution in [-0.4, -0.2) is 22.9 Å². The van der Waals surface area contributed by atoms with E-state index in [1.54, 1.807) is 0 Å². The van der Waals surface area contributed by atoms with E-state index in [1.807, 2.05) is 13.8 Å². The Morgan fingerprint density at radius 2 is 2.31 bits per heavy atom. The minimum atomic E-state index is -0.253. The zero-order chi connectivity index (χ0) is 9.84. The molecular weight excluding hydrogens is 188 g/mol. The van der Waals surface area contributed by atoms with Crippen molar-refractivity contribution in [3.63, 3.8) is 0 Å². The van der Waals surface area contributed by atoms with Crippen LogP contribution in [0.4, 0.5) is 4.79 Å². The van der Waals surface area contributed by atoms with Gasteiger partial charge in [-0.05, 0) is 13.8 Å². The molecule has 0 atom stereocenters. The van der Waals surface area contributed by atoms with E-state index in [0.717, 1.165) is 0 Å². The highest BCUT2D eigenvalue weighted by atomic mass is 32.2. The van der Waals surface area contributed by atoms with Gasteiger partial charge in [-0.25, -0.2) is 4.79 Å². The molecule has 0 radical (unpaired) electrons. The highest BCUT2D eigenvalue weighted by Gasteiger charge is 2.14. The van der Waals surface area contributed by atoms with Crippen molar-refractivity contribution in [2.75, 3.05) is 5.75 Å². The maximum atomic E-state index is 11.1. The highest BCUT2D eigenvalue weighted by Crippen LogP contribution is 2.16. The summed E-state index contributed by atoms with van der Waals surface area (Å²) in [5.74, 6) is 0.560. The lowest BCUT2D eigenvalue weighted by molar-refractivity contribution is -0.106. The van der Waals surface area contributed by atoms with E-state index in [-0.39, 0.29) is 17.2 Å². The summed E-state index contributed by atoms with van der Waals surface area (Å²) in [6, 6.07) is -0.151. The van der Waals surface area contributed by atoms with Gasteiger partial charge in [0.05, 0.1) is 0 Å². The molecule has 0 aromatic rings. The van der Waals surface area contributed by atoms with Gasteiger partial charge in [0.25, 0.3) is 0 Å². The molecule has 13 heavy (non-hydrogen) atoms. The monoisotopic (exact) mass is 200 g/mol. The minimum Gasteiger partial charge on any atom is -0.336 e. The second kappa shape index (κ2) is 4.32. The quantitative estimate of drug-likeness (QED) is 0.694. The van der Waals surface area contributed by atoms with Crippen LogP contribution in [0.2, 0.25) is 0 Å². The molecule has 1 aliphatic rings. The van der Waals surface area contributed by atoms with Gasteiger partial charge in [-0.15, -0.1) is 0 Å². The Hall–Kier alpha value is -0.970. The van der Waals surface area contributed by atoms with Gasteiger partial charge in [0.15, 0.2) is 0 Å². The SMILES string of the molecule is CC(C)NC(=O)NC1=CC(=O)SC1. The zero-order valence-corrected chi connectivity index (χ0v) is 8.40. The average molecular weight is 200 g/mol. The lowest BCUT2D eigenvalue weighted by Gasteiger charge is -2.09. The number of thioether (sulfide) groups is 1. The number of hydrogen-bond donors (Lipinski definition) is 2. The second-order valence-corrected chi connectivity index (χ2v) is 4.01. The number of urea groups is 1. The Kier molecular flexibility index (Phi) is 3.36. The van der Waals surface area contributed by atoms with E-state index in [4.69, 9.17) is 0 Å². The van der Waals surface area contributed by atoms with Crippen LogP contribution in [0.3, 0.4) is 0 Å². The molecular formula is C8H12N2O2S. The molecule has 0 aliphatic carbocycles. The van der Waals surface area contributed by atoms with E-state index in [9.17, 15) is 9.59 Å². The van der Waals surface area contributed by atoms with Gasteiger partial charge in [0.2, 0.25) is 5.12 Å². The van der Waals surface area contributed by atoms with Gasteiger partial charge in [0, 0.05) is 23.6 Å². The number of carbonyl (C=O) groups excluding carboxylic acids is 2. The number of nitrogens with one attached hydrogen (secondary N) is 2. The molecule has 5 heteroatoms.